The molecule has 1 rings (SSSR count). The molecule has 0 radical (unpaired) electrons. The number of allylic oxidation sites excluding steroid dienone is 1. The van der Waals surface area contributed by atoms with E-state index < -0.39 is 40.7 Å². The zero-order valence-corrected chi connectivity index (χ0v) is 9.88. The SMILES string of the molecule is [C-]#[N+]c1ccc(/C(O)=C/C(=O)C(F)(F)F)cc1C(F)(F)F. The van der Waals surface area contributed by atoms with E-state index in [0.29, 0.717) is 12.1 Å². The maximum atomic E-state index is 12.6. The summed E-state index contributed by atoms with van der Waals surface area (Å²) in [6.07, 6.45) is -10.4. The normalized spacial score (nSPS) is 12.9. The fourth-order valence-corrected chi connectivity index (χ4v) is 1.31. The Morgan fingerprint density at radius 2 is 1.76 bits per heavy atom. The summed E-state index contributed by atoms with van der Waals surface area (Å²) in [6.45, 7) is 6.58. The lowest BCUT2D eigenvalue weighted by atomic mass is 10.1. The van der Waals surface area contributed by atoms with Crippen molar-refractivity contribution in [3.05, 3.63) is 46.8 Å². The van der Waals surface area contributed by atoms with Crippen molar-refractivity contribution in [2.24, 2.45) is 0 Å². The Morgan fingerprint density at radius 1 is 1.19 bits per heavy atom. The standard InChI is InChI=1S/C12H5F6NO2/c1-19-8-3-2-6(4-7(8)11(13,14)15)9(20)5-10(21)12(16,17)18/h2-5,20H/b9-5-. The summed E-state index contributed by atoms with van der Waals surface area (Å²) in [4.78, 5) is 13.2. The minimum Gasteiger partial charge on any atom is -0.507 e. The van der Waals surface area contributed by atoms with Crippen LogP contribution in [0.2, 0.25) is 0 Å². The number of carbonyl (C=O) groups is 1. The number of alkyl halides is 6. The van der Waals surface area contributed by atoms with Crippen LogP contribution in [0.5, 0.6) is 0 Å². The molecule has 112 valence electrons. The van der Waals surface area contributed by atoms with Crippen LogP contribution in [-0.4, -0.2) is 17.1 Å². The number of aliphatic hydroxyl groups excluding tert-OH is 1. The molecule has 0 aliphatic carbocycles. The molecule has 0 saturated heterocycles. The minimum absolute atomic E-state index is 0.229. The average molecular weight is 309 g/mol. The summed E-state index contributed by atoms with van der Waals surface area (Å²) < 4.78 is 73.9. The van der Waals surface area contributed by atoms with E-state index in [1.54, 1.807) is 0 Å². The van der Waals surface area contributed by atoms with Crippen LogP contribution in [0.4, 0.5) is 32.0 Å². The molecule has 0 fully saturated rings. The van der Waals surface area contributed by atoms with Gasteiger partial charge in [-0.1, -0.05) is 12.1 Å². The average Bonchev–Trinajstić information content (AvgIpc) is 2.35. The molecule has 1 aromatic carbocycles. The van der Waals surface area contributed by atoms with Gasteiger partial charge in [-0.15, -0.1) is 0 Å². The molecule has 21 heavy (non-hydrogen) atoms. The predicted molar refractivity (Wildman–Crippen MR) is 59.4 cm³/mol. The molecule has 0 aliphatic rings. The van der Waals surface area contributed by atoms with E-state index in [2.05, 4.69) is 4.85 Å². The molecule has 0 amide bonds. The van der Waals surface area contributed by atoms with Crippen LogP contribution in [0.25, 0.3) is 10.6 Å². The van der Waals surface area contributed by atoms with Crippen molar-refractivity contribution in [3.8, 4) is 0 Å². The van der Waals surface area contributed by atoms with Crippen LogP contribution in [0.1, 0.15) is 11.1 Å². The number of halogens is 6. The first-order chi connectivity index (χ1) is 9.46. The number of benzene rings is 1. The van der Waals surface area contributed by atoms with Crippen molar-refractivity contribution in [1.82, 2.24) is 0 Å². The molecule has 0 aromatic heterocycles. The van der Waals surface area contributed by atoms with E-state index in [9.17, 15) is 36.2 Å². The highest BCUT2D eigenvalue weighted by Gasteiger charge is 2.37. The van der Waals surface area contributed by atoms with Gasteiger partial charge in [0.05, 0.1) is 12.1 Å². The first-order valence-corrected chi connectivity index (χ1v) is 5.07. The third-order valence-electron chi connectivity index (χ3n) is 2.27. The number of nitrogens with zero attached hydrogens (tertiary/aromatic N) is 1. The predicted octanol–water partition coefficient (Wildman–Crippen LogP) is 4.29. The van der Waals surface area contributed by atoms with E-state index in [1.165, 1.54) is 0 Å². The monoisotopic (exact) mass is 309 g/mol. The minimum atomic E-state index is -5.25. The van der Waals surface area contributed by atoms with Gasteiger partial charge in [-0.25, -0.2) is 4.85 Å². The summed E-state index contributed by atoms with van der Waals surface area (Å²) in [5.41, 5.74) is -2.86. The molecule has 1 aromatic rings. The Morgan fingerprint density at radius 3 is 2.19 bits per heavy atom. The van der Waals surface area contributed by atoms with Crippen LogP contribution < -0.4 is 0 Å². The smallest absolute Gasteiger partial charge is 0.454 e. The Hall–Kier alpha value is -2.50. The molecule has 0 bridgehead atoms. The fraction of sp³-hybridized carbons (Fsp3) is 0.167. The number of hydrogen-bond donors (Lipinski definition) is 1. The van der Waals surface area contributed by atoms with Gasteiger partial charge in [-0.05, 0) is 6.07 Å². The third kappa shape index (κ3) is 3.98. The lowest BCUT2D eigenvalue weighted by Gasteiger charge is -2.11. The highest BCUT2D eigenvalue weighted by molar-refractivity contribution is 5.99. The molecule has 0 atom stereocenters. The van der Waals surface area contributed by atoms with Crippen molar-refractivity contribution < 1.29 is 36.2 Å². The molecular formula is C12H5F6NO2. The number of carbonyl (C=O) groups excluding carboxylic acids is 1. The highest BCUT2D eigenvalue weighted by atomic mass is 19.4. The molecule has 0 spiro atoms. The van der Waals surface area contributed by atoms with Crippen LogP contribution in [0.15, 0.2) is 24.3 Å². The van der Waals surface area contributed by atoms with Crippen LogP contribution >= 0.6 is 0 Å². The number of aliphatic hydroxyl groups is 1. The Labute approximate surface area is 113 Å². The van der Waals surface area contributed by atoms with E-state index in [1.807, 2.05) is 0 Å². The lowest BCUT2D eigenvalue weighted by Crippen LogP contribution is -2.20. The molecule has 0 aliphatic heterocycles. The van der Waals surface area contributed by atoms with Gasteiger partial charge >= 0.3 is 12.4 Å². The zero-order chi connectivity index (χ0) is 16.4. The largest absolute Gasteiger partial charge is 0.507 e. The van der Waals surface area contributed by atoms with Crippen molar-refractivity contribution >= 4 is 17.2 Å². The van der Waals surface area contributed by atoms with Crippen molar-refractivity contribution in [3.63, 3.8) is 0 Å². The molecule has 9 heteroatoms. The second-order valence-corrected chi connectivity index (χ2v) is 3.73. The summed E-state index contributed by atoms with van der Waals surface area (Å²) in [5, 5.41) is 9.30. The number of ketones is 1. The quantitative estimate of drug-likeness (QED) is 0.383. The Balaban J connectivity index is 3.31. The van der Waals surface area contributed by atoms with Crippen molar-refractivity contribution in [1.29, 1.82) is 0 Å². The highest BCUT2D eigenvalue weighted by Crippen LogP contribution is 2.37. The van der Waals surface area contributed by atoms with Crippen molar-refractivity contribution in [2.45, 2.75) is 12.4 Å². The van der Waals surface area contributed by atoms with E-state index in [-0.39, 0.29) is 6.08 Å². The van der Waals surface area contributed by atoms with Crippen LogP contribution in [0, 0.1) is 6.57 Å². The molecule has 0 unspecified atom stereocenters. The van der Waals surface area contributed by atoms with Crippen molar-refractivity contribution in [2.75, 3.05) is 0 Å². The Bertz CT molecular complexity index is 637. The maximum absolute atomic E-state index is 12.6. The molecule has 1 N–H and O–H groups in total. The van der Waals surface area contributed by atoms with Gasteiger partial charge in [0.15, 0.2) is 5.69 Å². The number of rotatable bonds is 2. The lowest BCUT2D eigenvalue weighted by molar-refractivity contribution is -0.165. The second-order valence-electron chi connectivity index (χ2n) is 3.73. The van der Waals surface area contributed by atoms with E-state index in [4.69, 9.17) is 6.57 Å². The molecular weight excluding hydrogens is 304 g/mol. The maximum Gasteiger partial charge on any atom is 0.454 e. The van der Waals surface area contributed by atoms with Gasteiger partial charge in [0.25, 0.3) is 5.78 Å². The van der Waals surface area contributed by atoms with Gasteiger partial charge in [0, 0.05) is 11.6 Å². The van der Waals surface area contributed by atoms with Crippen LogP contribution in [0.3, 0.4) is 0 Å². The molecule has 3 nitrogen and oxygen atoms in total. The summed E-state index contributed by atoms with van der Waals surface area (Å²) >= 11 is 0. The number of hydrogen-bond acceptors (Lipinski definition) is 2. The first-order valence-electron chi connectivity index (χ1n) is 5.07. The zero-order valence-electron chi connectivity index (χ0n) is 9.88. The second kappa shape index (κ2) is 5.47. The molecule has 0 heterocycles. The van der Waals surface area contributed by atoms with E-state index >= 15 is 0 Å². The van der Waals surface area contributed by atoms with Gasteiger partial charge in [-0.2, -0.15) is 26.3 Å². The summed E-state index contributed by atoms with van der Waals surface area (Å²) in [6, 6.07) is 1.79. The first kappa shape index (κ1) is 16.6. The van der Waals surface area contributed by atoms with Gasteiger partial charge in [0.1, 0.15) is 5.76 Å². The molecule has 0 saturated carbocycles. The van der Waals surface area contributed by atoms with Gasteiger partial charge in [-0.3, -0.25) is 4.79 Å². The van der Waals surface area contributed by atoms with E-state index in [0.717, 1.165) is 6.07 Å². The topological polar surface area (TPSA) is 41.7 Å². The van der Waals surface area contributed by atoms with Gasteiger partial charge in [0.2, 0.25) is 0 Å². The Kier molecular flexibility index (Phi) is 4.32. The summed E-state index contributed by atoms with van der Waals surface area (Å²) in [7, 11) is 0. The summed E-state index contributed by atoms with van der Waals surface area (Å²) in [5.74, 6) is -3.69. The fourth-order valence-electron chi connectivity index (χ4n) is 1.31. The van der Waals surface area contributed by atoms with Crippen LogP contribution in [-0.2, 0) is 11.0 Å². The third-order valence-corrected chi connectivity index (χ3v) is 2.27. The van der Waals surface area contributed by atoms with Gasteiger partial charge < -0.3 is 5.11 Å².